The number of carbonyl (C=O) groups excluding carboxylic acids is 1. The van der Waals surface area contributed by atoms with Crippen molar-refractivity contribution < 1.29 is 9.53 Å². The lowest BCUT2D eigenvalue weighted by Crippen LogP contribution is -2.38. The minimum Gasteiger partial charge on any atom is -0.468 e. The minimum atomic E-state index is -0.230. The lowest BCUT2D eigenvalue weighted by atomic mass is 10.00. The van der Waals surface area contributed by atoms with Crippen LogP contribution in [0.1, 0.15) is 32.6 Å². The van der Waals surface area contributed by atoms with Crippen LogP contribution >= 0.6 is 15.9 Å². The summed E-state index contributed by atoms with van der Waals surface area (Å²) in [5.41, 5.74) is 0. The Hall–Kier alpha value is -0.0900. The Morgan fingerprint density at radius 3 is 2.67 bits per heavy atom. The first kappa shape index (κ1) is 13.0. The van der Waals surface area contributed by atoms with Gasteiger partial charge in [-0.3, -0.25) is 4.79 Å². The predicted molar refractivity (Wildman–Crippen MR) is 64.2 cm³/mol. The fourth-order valence-electron chi connectivity index (χ4n) is 2.12. The summed E-state index contributed by atoms with van der Waals surface area (Å²) in [6.45, 7) is 2.84. The summed E-state index contributed by atoms with van der Waals surface area (Å²) in [4.78, 5) is 10.9. The number of alkyl halides is 1. The van der Waals surface area contributed by atoms with E-state index in [-0.39, 0.29) is 10.8 Å². The summed E-state index contributed by atoms with van der Waals surface area (Å²) >= 11 is 3.30. The number of hydrogen-bond donors (Lipinski definition) is 1. The third-order valence-electron chi connectivity index (χ3n) is 3.18. The fourth-order valence-corrected chi connectivity index (χ4v) is 2.50. The van der Waals surface area contributed by atoms with Gasteiger partial charge in [0.15, 0.2) is 0 Å². The fraction of sp³-hybridized carbons (Fsp3) is 0.909. The highest BCUT2D eigenvalue weighted by Crippen LogP contribution is 2.27. The molecule has 2 unspecified atom stereocenters. The average molecular weight is 278 g/mol. The number of halogens is 1. The van der Waals surface area contributed by atoms with Crippen molar-refractivity contribution in [3.05, 3.63) is 0 Å². The monoisotopic (exact) mass is 277 g/mol. The van der Waals surface area contributed by atoms with Crippen LogP contribution in [-0.4, -0.2) is 30.5 Å². The second kappa shape index (κ2) is 6.48. The molecule has 88 valence electrons. The van der Waals surface area contributed by atoms with E-state index in [4.69, 9.17) is 0 Å². The van der Waals surface area contributed by atoms with Crippen molar-refractivity contribution in [2.75, 3.05) is 13.7 Å². The van der Waals surface area contributed by atoms with E-state index < -0.39 is 0 Å². The number of ether oxygens (including phenoxy) is 1. The number of esters is 1. The highest BCUT2D eigenvalue weighted by molar-refractivity contribution is 9.10. The van der Waals surface area contributed by atoms with Crippen LogP contribution in [-0.2, 0) is 9.53 Å². The molecule has 0 bridgehead atoms. The molecule has 0 spiro atoms. The molecular formula is C11H20BrNO2. The van der Waals surface area contributed by atoms with Crippen molar-refractivity contribution in [3.63, 3.8) is 0 Å². The molecule has 3 nitrogen and oxygen atoms in total. The first-order valence-corrected chi connectivity index (χ1v) is 6.52. The van der Waals surface area contributed by atoms with Crippen molar-refractivity contribution in [2.45, 2.75) is 43.5 Å². The maximum absolute atomic E-state index is 11.1. The molecule has 1 aliphatic rings. The zero-order chi connectivity index (χ0) is 11.3. The van der Waals surface area contributed by atoms with Crippen LogP contribution in [0, 0.1) is 5.92 Å². The maximum atomic E-state index is 11.1. The molecular weight excluding hydrogens is 258 g/mol. The lowest BCUT2D eigenvalue weighted by molar-refractivity contribution is -0.139. The Kier molecular flexibility index (Phi) is 5.61. The van der Waals surface area contributed by atoms with Crippen molar-refractivity contribution in [1.82, 2.24) is 5.32 Å². The molecule has 0 aliphatic heterocycles. The molecule has 4 heteroatoms. The van der Waals surface area contributed by atoms with Crippen LogP contribution in [0.15, 0.2) is 0 Å². The molecule has 0 heterocycles. The Labute approximate surface area is 100 Å². The SMILES string of the molecule is COC(=O)C(Br)CNC(C)C1CCCC1. The minimum absolute atomic E-state index is 0.207. The van der Waals surface area contributed by atoms with Gasteiger partial charge in [-0.1, -0.05) is 28.8 Å². The quantitative estimate of drug-likeness (QED) is 0.618. The first-order valence-electron chi connectivity index (χ1n) is 5.60. The highest BCUT2D eigenvalue weighted by Gasteiger charge is 2.23. The van der Waals surface area contributed by atoms with E-state index in [1.54, 1.807) is 0 Å². The smallest absolute Gasteiger partial charge is 0.320 e. The van der Waals surface area contributed by atoms with E-state index in [1.165, 1.54) is 32.8 Å². The molecule has 15 heavy (non-hydrogen) atoms. The Morgan fingerprint density at radius 2 is 2.13 bits per heavy atom. The van der Waals surface area contributed by atoms with Crippen LogP contribution in [0.5, 0.6) is 0 Å². The number of hydrogen-bond acceptors (Lipinski definition) is 3. The normalized spacial score (nSPS) is 21.3. The summed E-state index contributed by atoms with van der Waals surface area (Å²) in [7, 11) is 1.41. The maximum Gasteiger partial charge on any atom is 0.320 e. The van der Waals surface area contributed by atoms with E-state index in [1.807, 2.05) is 0 Å². The van der Waals surface area contributed by atoms with E-state index in [2.05, 4.69) is 32.9 Å². The summed E-state index contributed by atoms with van der Waals surface area (Å²) in [5.74, 6) is 0.573. The van der Waals surface area contributed by atoms with Crippen LogP contribution in [0.3, 0.4) is 0 Å². The highest BCUT2D eigenvalue weighted by atomic mass is 79.9. The standard InChI is InChI=1S/C11H20BrNO2/c1-8(9-5-3-4-6-9)13-7-10(12)11(14)15-2/h8-10,13H,3-7H2,1-2H3. The molecule has 2 atom stereocenters. The molecule has 1 fully saturated rings. The summed E-state index contributed by atoms with van der Waals surface area (Å²) < 4.78 is 4.64. The van der Waals surface area contributed by atoms with Crippen LogP contribution < -0.4 is 5.32 Å². The van der Waals surface area contributed by atoms with E-state index >= 15 is 0 Å². The zero-order valence-corrected chi connectivity index (χ0v) is 11.0. The average Bonchev–Trinajstić information content (AvgIpc) is 2.77. The van der Waals surface area contributed by atoms with Crippen molar-refractivity contribution >= 4 is 21.9 Å². The molecule has 0 saturated heterocycles. The summed E-state index contributed by atoms with van der Waals surface area (Å²) in [6, 6.07) is 0.497. The Balaban J connectivity index is 2.20. The number of rotatable bonds is 5. The molecule has 1 aliphatic carbocycles. The van der Waals surface area contributed by atoms with Gasteiger partial charge >= 0.3 is 5.97 Å². The van der Waals surface area contributed by atoms with Gasteiger partial charge in [-0.2, -0.15) is 0 Å². The van der Waals surface area contributed by atoms with Gasteiger partial charge in [-0.15, -0.1) is 0 Å². The van der Waals surface area contributed by atoms with Crippen LogP contribution in [0.25, 0.3) is 0 Å². The van der Waals surface area contributed by atoms with Gasteiger partial charge in [-0.05, 0) is 25.7 Å². The third-order valence-corrected chi connectivity index (χ3v) is 3.88. The molecule has 0 aromatic heterocycles. The van der Waals surface area contributed by atoms with Gasteiger partial charge in [0, 0.05) is 12.6 Å². The van der Waals surface area contributed by atoms with Crippen molar-refractivity contribution in [1.29, 1.82) is 0 Å². The Bertz CT molecular complexity index is 205. The van der Waals surface area contributed by atoms with Gasteiger partial charge in [0.05, 0.1) is 7.11 Å². The molecule has 1 N–H and O–H groups in total. The largest absolute Gasteiger partial charge is 0.468 e. The lowest BCUT2D eigenvalue weighted by Gasteiger charge is -2.21. The van der Waals surface area contributed by atoms with Crippen LogP contribution in [0.2, 0.25) is 0 Å². The summed E-state index contributed by atoms with van der Waals surface area (Å²) in [5, 5.41) is 3.39. The third kappa shape index (κ3) is 4.11. The van der Waals surface area contributed by atoms with Gasteiger partial charge < -0.3 is 10.1 Å². The van der Waals surface area contributed by atoms with E-state index in [0.29, 0.717) is 12.6 Å². The molecule has 0 radical (unpaired) electrons. The second-order valence-electron chi connectivity index (χ2n) is 4.23. The van der Waals surface area contributed by atoms with Crippen LogP contribution in [0.4, 0.5) is 0 Å². The van der Waals surface area contributed by atoms with Gasteiger partial charge in [-0.25, -0.2) is 0 Å². The topological polar surface area (TPSA) is 38.3 Å². The summed E-state index contributed by atoms with van der Waals surface area (Å²) in [6.07, 6.45) is 5.34. The Morgan fingerprint density at radius 1 is 1.53 bits per heavy atom. The van der Waals surface area contributed by atoms with Gasteiger partial charge in [0.25, 0.3) is 0 Å². The zero-order valence-electron chi connectivity index (χ0n) is 9.46. The number of methoxy groups -OCH3 is 1. The molecule has 0 aromatic carbocycles. The molecule has 0 aromatic rings. The van der Waals surface area contributed by atoms with Gasteiger partial charge in [0.2, 0.25) is 0 Å². The predicted octanol–water partition coefficient (Wildman–Crippen LogP) is 2.09. The van der Waals surface area contributed by atoms with Crippen molar-refractivity contribution in [2.24, 2.45) is 5.92 Å². The van der Waals surface area contributed by atoms with Gasteiger partial charge in [0.1, 0.15) is 4.83 Å². The van der Waals surface area contributed by atoms with Crippen molar-refractivity contribution in [3.8, 4) is 0 Å². The molecule has 1 rings (SSSR count). The first-order chi connectivity index (χ1) is 7.15. The van der Waals surface area contributed by atoms with E-state index in [9.17, 15) is 4.79 Å². The van der Waals surface area contributed by atoms with E-state index in [0.717, 1.165) is 5.92 Å². The number of carbonyl (C=O) groups is 1. The molecule has 1 saturated carbocycles. The second-order valence-corrected chi connectivity index (χ2v) is 5.34. The molecule has 0 amide bonds. The number of nitrogens with one attached hydrogen (secondary N) is 1.